The van der Waals surface area contributed by atoms with Crippen LogP contribution in [0.25, 0.3) is 0 Å². The molecule has 0 spiro atoms. The maximum Gasteiger partial charge on any atom is 0.335 e. The second kappa shape index (κ2) is 11.7. The number of aromatic carboxylic acids is 1. The van der Waals surface area contributed by atoms with Crippen LogP contribution in [0.15, 0.2) is 48.6 Å². The Labute approximate surface area is 157 Å². The van der Waals surface area contributed by atoms with Crippen molar-refractivity contribution in [2.24, 2.45) is 0 Å². The second-order valence-electron chi connectivity index (χ2n) is 7.03. The molecule has 0 aromatic heterocycles. The van der Waals surface area contributed by atoms with Crippen LogP contribution in [0.3, 0.4) is 0 Å². The number of ether oxygens (including phenoxy) is 1. The van der Waals surface area contributed by atoms with Crippen molar-refractivity contribution in [3.8, 4) is 0 Å². The van der Waals surface area contributed by atoms with E-state index in [4.69, 9.17) is 9.84 Å². The quantitative estimate of drug-likeness (QED) is 0.250. The van der Waals surface area contributed by atoms with Crippen molar-refractivity contribution in [3.05, 3.63) is 59.7 Å². The van der Waals surface area contributed by atoms with Gasteiger partial charge in [-0.3, -0.25) is 0 Å². The number of rotatable bonds is 13. The molecular weight excluding hydrogens is 324 g/mol. The van der Waals surface area contributed by atoms with E-state index in [1.165, 1.54) is 51.4 Å². The molecule has 0 radical (unpaired) electrons. The molecule has 2 atom stereocenters. The Morgan fingerprint density at radius 3 is 2.54 bits per heavy atom. The molecule has 0 amide bonds. The van der Waals surface area contributed by atoms with Crippen LogP contribution in [-0.4, -0.2) is 17.2 Å². The molecule has 0 aliphatic carbocycles. The molecule has 2 rings (SSSR count). The molecule has 2 unspecified atom stereocenters. The number of epoxide rings is 1. The summed E-state index contributed by atoms with van der Waals surface area (Å²) in [7, 11) is 0. The molecule has 3 heteroatoms. The van der Waals surface area contributed by atoms with Crippen LogP contribution in [0, 0.1) is 0 Å². The van der Waals surface area contributed by atoms with Gasteiger partial charge in [0.05, 0.1) is 5.56 Å². The number of benzene rings is 1. The van der Waals surface area contributed by atoms with Gasteiger partial charge in [-0.05, 0) is 30.5 Å². The van der Waals surface area contributed by atoms with Crippen molar-refractivity contribution in [1.29, 1.82) is 0 Å². The third kappa shape index (κ3) is 7.57. The van der Waals surface area contributed by atoms with Gasteiger partial charge in [-0.15, -0.1) is 0 Å². The largest absolute Gasteiger partial charge is 0.478 e. The zero-order valence-electron chi connectivity index (χ0n) is 15.9. The molecule has 3 nitrogen and oxygen atoms in total. The van der Waals surface area contributed by atoms with Crippen molar-refractivity contribution in [2.75, 3.05) is 0 Å². The smallest absolute Gasteiger partial charge is 0.335 e. The standard InChI is InChI=1S/C23H32O3/c1-2-3-4-5-6-7-8-9-10-11-12-13-17-21-22(26-21)19-15-14-16-20(18-19)23(24)25/h11-18,21-22H,2-10H2,1H3,(H,24,25)/b12-11+,17-13+. The molecular formula is C23H32O3. The highest BCUT2D eigenvalue weighted by Gasteiger charge is 2.37. The summed E-state index contributed by atoms with van der Waals surface area (Å²) in [6, 6.07) is 6.99. The Morgan fingerprint density at radius 1 is 1.08 bits per heavy atom. The van der Waals surface area contributed by atoms with Crippen LogP contribution in [0.5, 0.6) is 0 Å². The Bertz CT molecular complexity index is 603. The number of carbonyl (C=O) groups is 1. The maximum absolute atomic E-state index is 11.0. The van der Waals surface area contributed by atoms with Gasteiger partial charge >= 0.3 is 5.97 Å². The summed E-state index contributed by atoms with van der Waals surface area (Å²) in [4.78, 5) is 11.0. The third-order valence-corrected chi connectivity index (χ3v) is 4.76. The van der Waals surface area contributed by atoms with Crippen molar-refractivity contribution < 1.29 is 14.6 Å². The molecule has 1 N–H and O–H groups in total. The van der Waals surface area contributed by atoms with Crippen LogP contribution in [0.2, 0.25) is 0 Å². The van der Waals surface area contributed by atoms with Gasteiger partial charge in [0.25, 0.3) is 0 Å². The average Bonchev–Trinajstić information content (AvgIpc) is 3.42. The van der Waals surface area contributed by atoms with E-state index >= 15 is 0 Å². The van der Waals surface area contributed by atoms with Crippen molar-refractivity contribution in [1.82, 2.24) is 0 Å². The van der Waals surface area contributed by atoms with Gasteiger partial charge in [0.1, 0.15) is 12.2 Å². The minimum Gasteiger partial charge on any atom is -0.478 e. The number of hydrogen-bond acceptors (Lipinski definition) is 2. The minimum absolute atomic E-state index is 0.00772. The molecule has 26 heavy (non-hydrogen) atoms. The average molecular weight is 357 g/mol. The summed E-state index contributed by atoms with van der Waals surface area (Å²) in [5, 5.41) is 9.04. The van der Waals surface area contributed by atoms with E-state index in [0.29, 0.717) is 5.56 Å². The lowest BCUT2D eigenvalue weighted by Gasteiger charge is -1.99. The van der Waals surface area contributed by atoms with E-state index in [1.807, 2.05) is 18.2 Å². The Morgan fingerprint density at radius 2 is 1.81 bits per heavy atom. The SMILES string of the molecule is CCCCCCCCCC/C=C/C=C/C1OC1c1cccc(C(=O)O)c1. The fraction of sp³-hybridized carbons (Fsp3) is 0.522. The monoisotopic (exact) mass is 356 g/mol. The summed E-state index contributed by atoms with van der Waals surface area (Å²) in [5.41, 5.74) is 1.24. The molecule has 142 valence electrons. The fourth-order valence-electron chi connectivity index (χ4n) is 3.13. The number of hydrogen-bond donors (Lipinski definition) is 1. The molecule has 1 aromatic carbocycles. The normalized spacial score (nSPS) is 19.4. The van der Waals surface area contributed by atoms with Crippen LogP contribution in [-0.2, 0) is 4.74 Å². The summed E-state index contributed by atoms with van der Waals surface area (Å²) in [6.07, 6.45) is 20.4. The number of carboxylic acid groups (broad SMARTS) is 1. The van der Waals surface area contributed by atoms with Gasteiger partial charge in [0.15, 0.2) is 0 Å². The van der Waals surface area contributed by atoms with Gasteiger partial charge in [-0.1, -0.05) is 88.3 Å². The lowest BCUT2D eigenvalue weighted by atomic mass is 10.1. The predicted octanol–water partition coefficient (Wildman–Crippen LogP) is 6.47. The lowest BCUT2D eigenvalue weighted by Crippen LogP contribution is -1.97. The zero-order valence-corrected chi connectivity index (χ0v) is 15.9. The van der Waals surface area contributed by atoms with E-state index in [1.54, 1.807) is 18.2 Å². The van der Waals surface area contributed by atoms with Crippen molar-refractivity contribution >= 4 is 5.97 Å². The van der Waals surface area contributed by atoms with E-state index < -0.39 is 5.97 Å². The van der Waals surface area contributed by atoms with E-state index in [0.717, 1.165) is 12.0 Å². The first-order valence-corrected chi connectivity index (χ1v) is 10.0. The van der Waals surface area contributed by atoms with Crippen LogP contribution >= 0.6 is 0 Å². The highest BCUT2D eigenvalue weighted by molar-refractivity contribution is 5.87. The van der Waals surface area contributed by atoms with Crippen LogP contribution < -0.4 is 0 Å². The summed E-state index contributed by atoms with van der Waals surface area (Å²) < 4.78 is 5.62. The van der Waals surface area contributed by atoms with Crippen LogP contribution in [0.1, 0.15) is 86.7 Å². The molecule has 1 aliphatic heterocycles. The first-order chi connectivity index (χ1) is 12.7. The first kappa shape index (κ1) is 20.4. The van der Waals surface area contributed by atoms with E-state index in [-0.39, 0.29) is 12.2 Å². The highest BCUT2D eigenvalue weighted by Crippen LogP contribution is 2.39. The lowest BCUT2D eigenvalue weighted by molar-refractivity contribution is 0.0696. The Hall–Kier alpha value is -1.87. The van der Waals surface area contributed by atoms with Gasteiger partial charge in [0, 0.05) is 0 Å². The van der Waals surface area contributed by atoms with E-state index in [2.05, 4.69) is 19.1 Å². The summed E-state index contributed by atoms with van der Waals surface area (Å²) >= 11 is 0. The second-order valence-corrected chi connectivity index (χ2v) is 7.03. The van der Waals surface area contributed by atoms with Gasteiger partial charge in [-0.25, -0.2) is 4.79 Å². The van der Waals surface area contributed by atoms with Crippen LogP contribution in [0.4, 0.5) is 0 Å². The molecule has 1 aliphatic rings. The number of unbranched alkanes of at least 4 members (excludes halogenated alkanes) is 8. The van der Waals surface area contributed by atoms with Gasteiger partial charge in [0.2, 0.25) is 0 Å². The topological polar surface area (TPSA) is 49.8 Å². The molecule has 1 fully saturated rings. The molecule has 0 saturated carbocycles. The Balaban J connectivity index is 1.55. The third-order valence-electron chi connectivity index (χ3n) is 4.76. The summed E-state index contributed by atoms with van der Waals surface area (Å²) in [6.45, 7) is 2.26. The van der Waals surface area contributed by atoms with Crippen molar-refractivity contribution in [3.63, 3.8) is 0 Å². The molecule has 1 heterocycles. The minimum atomic E-state index is -0.900. The van der Waals surface area contributed by atoms with Gasteiger partial charge < -0.3 is 9.84 Å². The summed E-state index contributed by atoms with van der Waals surface area (Å²) in [5.74, 6) is -0.900. The highest BCUT2D eigenvalue weighted by atomic mass is 16.6. The number of carboxylic acids is 1. The predicted molar refractivity (Wildman–Crippen MR) is 107 cm³/mol. The number of allylic oxidation sites excluding steroid dienone is 3. The molecule has 1 saturated heterocycles. The Kier molecular flexibility index (Phi) is 9.19. The zero-order chi connectivity index (χ0) is 18.6. The molecule has 0 bridgehead atoms. The maximum atomic E-state index is 11.0. The van der Waals surface area contributed by atoms with Crippen molar-refractivity contribution in [2.45, 2.75) is 76.9 Å². The van der Waals surface area contributed by atoms with Gasteiger partial charge in [-0.2, -0.15) is 0 Å². The first-order valence-electron chi connectivity index (χ1n) is 10.0. The van der Waals surface area contributed by atoms with E-state index in [9.17, 15) is 4.79 Å². The fourth-order valence-corrected chi connectivity index (χ4v) is 3.13. The molecule has 1 aromatic rings.